The summed E-state index contributed by atoms with van der Waals surface area (Å²) < 4.78 is 3.01. The molecule has 0 radical (unpaired) electrons. The van der Waals surface area contributed by atoms with Crippen LogP contribution in [0.1, 0.15) is 56.6 Å². The lowest BCUT2D eigenvalue weighted by Crippen LogP contribution is -2.46. The number of likely N-dealkylation sites (N-methyl/N-ethyl adjacent to an activating group) is 1. The molecule has 21 heavy (non-hydrogen) atoms. The molecule has 1 aromatic rings. The summed E-state index contributed by atoms with van der Waals surface area (Å²) in [5.74, 6) is 0.129. The number of nitrogens with one attached hydrogen (secondary N) is 1. The van der Waals surface area contributed by atoms with Gasteiger partial charge in [-0.25, -0.2) is 0 Å². The number of amides is 1. The summed E-state index contributed by atoms with van der Waals surface area (Å²) >= 11 is 3.49. The number of halogens is 1. The van der Waals surface area contributed by atoms with Crippen molar-refractivity contribution < 1.29 is 4.79 Å². The van der Waals surface area contributed by atoms with E-state index in [0.29, 0.717) is 6.04 Å². The van der Waals surface area contributed by atoms with Crippen molar-refractivity contribution in [2.75, 3.05) is 19.6 Å². The molecule has 1 aromatic heterocycles. The fraction of sp³-hybridized carbons (Fsp3) is 0.688. The number of piperidine rings is 1. The molecule has 1 aliphatic heterocycles. The number of aromatic nitrogens is 1. The molecule has 1 amide bonds. The normalized spacial score (nSPS) is 19.0. The van der Waals surface area contributed by atoms with E-state index in [0.717, 1.165) is 29.8 Å². The summed E-state index contributed by atoms with van der Waals surface area (Å²) in [5.41, 5.74) is 0.773. The Morgan fingerprint density at radius 2 is 2.29 bits per heavy atom. The lowest BCUT2D eigenvalue weighted by Gasteiger charge is -2.30. The Labute approximate surface area is 136 Å². The molecule has 2 rings (SSSR count). The minimum atomic E-state index is 0.129. The van der Waals surface area contributed by atoms with Gasteiger partial charge in [0.2, 0.25) is 0 Å². The minimum absolute atomic E-state index is 0.129. The van der Waals surface area contributed by atoms with Crippen molar-refractivity contribution >= 4 is 21.8 Å². The molecule has 0 saturated carbocycles. The SMILES string of the molecule is CCN(CC1CCCCN1)C(=O)c1cc(Br)cn1C(C)C. The van der Waals surface area contributed by atoms with Gasteiger partial charge in [0.15, 0.2) is 0 Å². The van der Waals surface area contributed by atoms with Gasteiger partial charge in [0.25, 0.3) is 5.91 Å². The van der Waals surface area contributed by atoms with Crippen LogP contribution in [0.2, 0.25) is 0 Å². The first-order chi connectivity index (χ1) is 10.0. The lowest BCUT2D eigenvalue weighted by atomic mass is 10.0. The van der Waals surface area contributed by atoms with Crippen molar-refractivity contribution in [1.29, 1.82) is 0 Å². The third kappa shape index (κ3) is 4.10. The number of hydrogen-bond donors (Lipinski definition) is 1. The highest BCUT2D eigenvalue weighted by molar-refractivity contribution is 9.10. The van der Waals surface area contributed by atoms with Crippen LogP contribution in [0.3, 0.4) is 0 Å². The van der Waals surface area contributed by atoms with Crippen LogP contribution in [0.4, 0.5) is 0 Å². The Bertz CT molecular complexity index is 478. The average Bonchev–Trinajstić information content (AvgIpc) is 2.87. The fourth-order valence-electron chi connectivity index (χ4n) is 2.91. The van der Waals surface area contributed by atoms with Crippen molar-refractivity contribution in [2.45, 2.75) is 52.1 Å². The maximum absolute atomic E-state index is 12.8. The number of rotatable bonds is 5. The molecule has 1 fully saturated rings. The summed E-state index contributed by atoms with van der Waals surface area (Å²) in [6.45, 7) is 8.88. The molecule has 1 unspecified atom stereocenters. The molecule has 1 aliphatic rings. The highest BCUT2D eigenvalue weighted by atomic mass is 79.9. The topological polar surface area (TPSA) is 37.3 Å². The molecule has 0 aromatic carbocycles. The zero-order chi connectivity index (χ0) is 15.4. The number of carbonyl (C=O) groups excluding carboxylic acids is 1. The van der Waals surface area contributed by atoms with Crippen LogP contribution in [0.15, 0.2) is 16.7 Å². The average molecular weight is 356 g/mol. The van der Waals surface area contributed by atoms with Crippen LogP contribution < -0.4 is 5.32 Å². The first-order valence-electron chi connectivity index (χ1n) is 7.93. The molecule has 4 nitrogen and oxygen atoms in total. The zero-order valence-corrected chi connectivity index (χ0v) is 14.8. The van der Waals surface area contributed by atoms with Gasteiger partial charge in [-0.05, 0) is 62.2 Å². The second kappa shape index (κ2) is 7.45. The smallest absolute Gasteiger partial charge is 0.270 e. The summed E-state index contributed by atoms with van der Waals surface area (Å²) in [6.07, 6.45) is 5.67. The highest BCUT2D eigenvalue weighted by Gasteiger charge is 2.23. The van der Waals surface area contributed by atoms with E-state index in [2.05, 4.69) is 42.0 Å². The molecule has 1 N–H and O–H groups in total. The van der Waals surface area contributed by atoms with Crippen LogP contribution >= 0.6 is 15.9 Å². The van der Waals surface area contributed by atoms with E-state index in [9.17, 15) is 4.79 Å². The van der Waals surface area contributed by atoms with E-state index in [1.54, 1.807) is 0 Å². The van der Waals surface area contributed by atoms with Gasteiger partial charge in [-0.2, -0.15) is 0 Å². The molecular weight excluding hydrogens is 330 g/mol. The molecule has 1 atom stereocenters. The monoisotopic (exact) mass is 355 g/mol. The van der Waals surface area contributed by atoms with Gasteiger partial charge < -0.3 is 14.8 Å². The van der Waals surface area contributed by atoms with Gasteiger partial charge in [-0.3, -0.25) is 4.79 Å². The summed E-state index contributed by atoms with van der Waals surface area (Å²) in [6, 6.07) is 2.65. The largest absolute Gasteiger partial charge is 0.340 e. The predicted octanol–water partition coefficient (Wildman–Crippen LogP) is 3.44. The van der Waals surface area contributed by atoms with Crippen LogP contribution in [-0.4, -0.2) is 41.1 Å². The Hall–Kier alpha value is -0.810. The van der Waals surface area contributed by atoms with Crippen molar-refractivity contribution in [3.05, 3.63) is 22.4 Å². The number of hydrogen-bond acceptors (Lipinski definition) is 2. The molecule has 0 bridgehead atoms. The van der Waals surface area contributed by atoms with Gasteiger partial charge in [0.1, 0.15) is 5.69 Å². The van der Waals surface area contributed by atoms with Crippen molar-refractivity contribution in [3.8, 4) is 0 Å². The Balaban J connectivity index is 2.12. The van der Waals surface area contributed by atoms with Crippen LogP contribution in [0, 0.1) is 0 Å². The standard InChI is InChI=1S/C16H26BrN3O/c1-4-19(11-14-7-5-6-8-18-14)16(21)15-9-13(17)10-20(15)12(2)3/h9-10,12,14,18H,4-8,11H2,1-3H3. The Morgan fingerprint density at radius 3 is 2.86 bits per heavy atom. The molecule has 5 heteroatoms. The van der Waals surface area contributed by atoms with Crippen molar-refractivity contribution in [1.82, 2.24) is 14.8 Å². The van der Waals surface area contributed by atoms with Crippen LogP contribution in [0.25, 0.3) is 0 Å². The maximum Gasteiger partial charge on any atom is 0.270 e. The van der Waals surface area contributed by atoms with Crippen molar-refractivity contribution in [3.63, 3.8) is 0 Å². The van der Waals surface area contributed by atoms with Gasteiger partial charge in [-0.15, -0.1) is 0 Å². The predicted molar refractivity (Wildman–Crippen MR) is 89.7 cm³/mol. The van der Waals surface area contributed by atoms with Gasteiger partial charge in [0.05, 0.1) is 0 Å². The quantitative estimate of drug-likeness (QED) is 0.878. The highest BCUT2D eigenvalue weighted by Crippen LogP contribution is 2.21. The van der Waals surface area contributed by atoms with E-state index in [1.807, 2.05) is 21.7 Å². The first kappa shape index (κ1) is 16.6. The Morgan fingerprint density at radius 1 is 1.52 bits per heavy atom. The van der Waals surface area contributed by atoms with Gasteiger partial charge >= 0.3 is 0 Å². The molecule has 1 saturated heterocycles. The van der Waals surface area contributed by atoms with E-state index < -0.39 is 0 Å². The molecule has 118 valence electrons. The maximum atomic E-state index is 12.8. The Kier molecular flexibility index (Phi) is 5.88. The van der Waals surface area contributed by atoms with Crippen LogP contribution in [-0.2, 0) is 0 Å². The number of nitrogens with zero attached hydrogens (tertiary/aromatic N) is 2. The summed E-state index contributed by atoms with van der Waals surface area (Å²) in [4.78, 5) is 14.8. The third-order valence-corrected chi connectivity index (χ3v) is 4.55. The molecule has 0 aliphatic carbocycles. The summed E-state index contributed by atoms with van der Waals surface area (Å²) in [7, 11) is 0. The van der Waals surface area contributed by atoms with Gasteiger partial charge in [-0.1, -0.05) is 6.42 Å². The van der Waals surface area contributed by atoms with Gasteiger partial charge in [0, 0.05) is 35.8 Å². The van der Waals surface area contributed by atoms with Crippen LogP contribution in [0.5, 0.6) is 0 Å². The number of carbonyl (C=O) groups is 1. The molecule has 2 heterocycles. The second-order valence-corrected chi connectivity index (χ2v) is 6.95. The van der Waals surface area contributed by atoms with Crippen molar-refractivity contribution in [2.24, 2.45) is 0 Å². The lowest BCUT2D eigenvalue weighted by molar-refractivity contribution is 0.0729. The third-order valence-electron chi connectivity index (χ3n) is 4.11. The zero-order valence-electron chi connectivity index (χ0n) is 13.2. The van der Waals surface area contributed by atoms with E-state index in [1.165, 1.54) is 19.3 Å². The minimum Gasteiger partial charge on any atom is -0.340 e. The van der Waals surface area contributed by atoms with E-state index in [4.69, 9.17) is 0 Å². The van der Waals surface area contributed by atoms with E-state index >= 15 is 0 Å². The second-order valence-electron chi connectivity index (χ2n) is 6.04. The molecular formula is C16H26BrN3O. The first-order valence-corrected chi connectivity index (χ1v) is 8.72. The van der Waals surface area contributed by atoms with E-state index in [-0.39, 0.29) is 11.9 Å². The fourth-order valence-corrected chi connectivity index (χ4v) is 3.35. The molecule has 0 spiro atoms. The summed E-state index contributed by atoms with van der Waals surface area (Å²) in [5, 5.41) is 3.52.